The standard InChI is InChI=1S/C17H30N2/c1-6-15-8-7-9-16(11-15)12-18-17(10-14(2)3)13-19(4)5/h7-9,11,14,17-18H,6,10,12-13H2,1-5H3/t17-/m0/s1. The number of likely N-dealkylation sites (N-methyl/N-ethyl adjacent to an activating group) is 1. The minimum Gasteiger partial charge on any atom is -0.309 e. The molecule has 0 saturated heterocycles. The molecule has 0 aliphatic carbocycles. The predicted octanol–water partition coefficient (Wildman–Crippen LogP) is 3.31. The van der Waals surface area contributed by atoms with Crippen molar-refractivity contribution in [3.05, 3.63) is 35.4 Å². The van der Waals surface area contributed by atoms with E-state index in [9.17, 15) is 0 Å². The van der Waals surface area contributed by atoms with Gasteiger partial charge in [-0.05, 0) is 44.0 Å². The third-order valence-corrected chi connectivity index (χ3v) is 3.34. The normalized spacial score (nSPS) is 13.2. The maximum Gasteiger partial charge on any atom is 0.0208 e. The molecule has 0 aliphatic rings. The van der Waals surface area contributed by atoms with Crippen molar-refractivity contribution >= 4 is 0 Å². The molecule has 0 bridgehead atoms. The van der Waals surface area contributed by atoms with Gasteiger partial charge in [-0.25, -0.2) is 0 Å². The van der Waals surface area contributed by atoms with Crippen molar-refractivity contribution in [1.29, 1.82) is 0 Å². The molecule has 0 spiro atoms. The molecule has 1 N–H and O–H groups in total. The lowest BCUT2D eigenvalue weighted by Crippen LogP contribution is -2.38. The molecule has 0 aromatic heterocycles. The SMILES string of the molecule is CCc1cccc(CN[C@@H](CC(C)C)CN(C)C)c1. The Labute approximate surface area is 119 Å². The Morgan fingerprint density at radius 2 is 1.84 bits per heavy atom. The summed E-state index contributed by atoms with van der Waals surface area (Å²) in [4.78, 5) is 2.27. The van der Waals surface area contributed by atoms with Crippen LogP contribution in [0.1, 0.15) is 38.3 Å². The average Bonchev–Trinajstić information content (AvgIpc) is 2.35. The Morgan fingerprint density at radius 1 is 1.16 bits per heavy atom. The van der Waals surface area contributed by atoms with Crippen molar-refractivity contribution in [1.82, 2.24) is 10.2 Å². The molecule has 0 aliphatic heterocycles. The quantitative estimate of drug-likeness (QED) is 0.773. The summed E-state index contributed by atoms with van der Waals surface area (Å²) >= 11 is 0. The molecule has 0 saturated carbocycles. The summed E-state index contributed by atoms with van der Waals surface area (Å²) in [6.45, 7) is 8.87. The molecule has 1 aromatic carbocycles. The molecule has 108 valence electrons. The van der Waals surface area contributed by atoms with Crippen LogP contribution in [0.25, 0.3) is 0 Å². The molecule has 0 unspecified atom stereocenters. The highest BCUT2D eigenvalue weighted by Crippen LogP contribution is 2.09. The van der Waals surface area contributed by atoms with Crippen molar-refractivity contribution in [2.45, 2.75) is 46.2 Å². The first-order valence-electron chi connectivity index (χ1n) is 7.47. The van der Waals surface area contributed by atoms with Crippen LogP contribution in [0.4, 0.5) is 0 Å². The second kappa shape index (κ2) is 8.34. The van der Waals surface area contributed by atoms with E-state index in [1.807, 2.05) is 0 Å². The van der Waals surface area contributed by atoms with Crippen molar-refractivity contribution in [3.8, 4) is 0 Å². The zero-order valence-corrected chi connectivity index (χ0v) is 13.2. The van der Waals surface area contributed by atoms with E-state index in [0.29, 0.717) is 6.04 Å². The van der Waals surface area contributed by atoms with E-state index in [0.717, 1.165) is 25.4 Å². The van der Waals surface area contributed by atoms with Crippen LogP contribution >= 0.6 is 0 Å². The Balaban J connectivity index is 2.54. The van der Waals surface area contributed by atoms with E-state index < -0.39 is 0 Å². The van der Waals surface area contributed by atoms with Gasteiger partial charge < -0.3 is 10.2 Å². The fraction of sp³-hybridized carbons (Fsp3) is 0.647. The first-order valence-corrected chi connectivity index (χ1v) is 7.47. The molecule has 2 heteroatoms. The van der Waals surface area contributed by atoms with E-state index in [1.165, 1.54) is 17.5 Å². The predicted molar refractivity (Wildman–Crippen MR) is 84.5 cm³/mol. The van der Waals surface area contributed by atoms with E-state index in [4.69, 9.17) is 0 Å². The van der Waals surface area contributed by atoms with Gasteiger partial charge in [0.2, 0.25) is 0 Å². The summed E-state index contributed by atoms with van der Waals surface area (Å²) in [5.41, 5.74) is 2.82. The highest BCUT2D eigenvalue weighted by atomic mass is 15.1. The number of benzene rings is 1. The minimum absolute atomic E-state index is 0.570. The van der Waals surface area contributed by atoms with Crippen molar-refractivity contribution in [2.24, 2.45) is 5.92 Å². The lowest BCUT2D eigenvalue weighted by atomic mass is 10.0. The molecule has 0 heterocycles. The first kappa shape index (κ1) is 16.2. The fourth-order valence-corrected chi connectivity index (χ4v) is 2.45. The van der Waals surface area contributed by atoms with Crippen LogP contribution in [0.3, 0.4) is 0 Å². The number of hydrogen-bond acceptors (Lipinski definition) is 2. The smallest absolute Gasteiger partial charge is 0.0208 e. The Bertz CT molecular complexity index is 348. The molecular formula is C17H30N2. The third kappa shape index (κ3) is 6.74. The molecule has 1 aromatic rings. The van der Waals surface area contributed by atoms with Gasteiger partial charge in [0, 0.05) is 19.1 Å². The largest absolute Gasteiger partial charge is 0.309 e. The first-order chi connectivity index (χ1) is 9.01. The molecule has 2 nitrogen and oxygen atoms in total. The Morgan fingerprint density at radius 3 is 2.42 bits per heavy atom. The van der Waals surface area contributed by atoms with Crippen molar-refractivity contribution in [3.63, 3.8) is 0 Å². The van der Waals surface area contributed by atoms with Gasteiger partial charge in [0.1, 0.15) is 0 Å². The zero-order valence-electron chi connectivity index (χ0n) is 13.2. The summed E-state index contributed by atoms with van der Waals surface area (Å²) in [7, 11) is 4.29. The molecule has 0 amide bonds. The Kier molecular flexibility index (Phi) is 7.11. The van der Waals surface area contributed by atoms with Crippen LogP contribution < -0.4 is 5.32 Å². The van der Waals surface area contributed by atoms with Gasteiger partial charge in [0.05, 0.1) is 0 Å². The molecular weight excluding hydrogens is 232 g/mol. The number of nitrogens with one attached hydrogen (secondary N) is 1. The maximum absolute atomic E-state index is 3.71. The van der Waals surface area contributed by atoms with Gasteiger partial charge >= 0.3 is 0 Å². The number of rotatable bonds is 8. The molecule has 1 rings (SSSR count). The van der Waals surface area contributed by atoms with Crippen LogP contribution in [0.2, 0.25) is 0 Å². The number of hydrogen-bond donors (Lipinski definition) is 1. The van der Waals surface area contributed by atoms with Gasteiger partial charge in [-0.2, -0.15) is 0 Å². The topological polar surface area (TPSA) is 15.3 Å². The van der Waals surface area contributed by atoms with Crippen LogP contribution in [-0.4, -0.2) is 31.6 Å². The van der Waals surface area contributed by atoms with E-state index in [2.05, 4.69) is 69.3 Å². The summed E-state index contributed by atoms with van der Waals surface area (Å²) in [6, 6.07) is 9.47. The van der Waals surface area contributed by atoms with Gasteiger partial charge in [0.25, 0.3) is 0 Å². The van der Waals surface area contributed by atoms with E-state index >= 15 is 0 Å². The Hall–Kier alpha value is -0.860. The van der Waals surface area contributed by atoms with E-state index in [-0.39, 0.29) is 0 Å². The van der Waals surface area contributed by atoms with Crippen LogP contribution in [0, 0.1) is 5.92 Å². The highest BCUT2D eigenvalue weighted by molar-refractivity contribution is 5.23. The zero-order chi connectivity index (χ0) is 14.3. The molecule has 19 heavy (non-hydrogen) atoms. The van der Waals surface area contributed by atoms with Gasteiger partial charge in [-0.1, -0.05) is 45.0 Å². The summed E-state index contributed by atoms with van der Waals surface area (Å²) in [6.07, 6.45) is 2.34. The number of aryl methyl sites for hydroxylation is 1. The molecule has 0 fully saturated rings. The second-order valence-electron chi connectivity index (χ2n) is 6.14. The van der Waals surface area contributed by atoms with Gasteiger partial charge in [-0.15, -0.1) is 0 Å². The summed E-state index contributed by atoms with van der Waals surface area (Å²) in [5.74, 6) is 0.736. The fourth-order valence-electron chi connectivity index (χ4n) is 2.45. The summed E-state index contributed by atoms with van der Waals surface area (Å²) < 4.78 is 0. The third-order valence-electron chi connectivity index (χ3n) is 3.34. The molecule has 1 atom stereocenters. The lowest BCUT2D eigenvalue weighted by molar-refractivity contribution is 0.305. The average molecular weight is 262 g/mol. The van der Waals surface area contributed by atoms with Gasteiger partial charge in [-0.3, -0.25) is 0 Å². The minimum atomic E-state index is 0.570. The van der Waals surface area contributed by atoms with Crippen molar-refractivity contribution < 1.29 is 0 Å². The lowest BCUT2D eigenvalue weighted by Gasteiger charge is -2.24. The number of nitrogens with zero attached hydrogens (tertiary/aromatic N) is 1. The second-order valence-corrected chi connectivity index (χ2v) is 6.14. The monoisotopic (exact) mass is 262 g/mol. The van der Waals surface area contributed by atoms with Crippen molar-refractivity contribution in [2.75, 3.05) is 20.6 Å². The molecule has 0 radical (unpaired) electrons. The van der Waals surface area contributed by atoms with Crippen LogP contribution in [0.5, 0.6) is 0 Å². The highest BCUT2D eigenvalue weighted by Gasteiger charge is 2.11. The maximum atomic E-state index is 3.71. The van der Waals surface area contributed by atoms with Crippen LogP contribution in [-0.2, 0) is 13.0 Å². The van der Waals surface area contributed by atoms with Gasteiger partial charge in [0.15, 0.2) is 0 Å². The van der Waals surface area contributed by atoms with E-state index in [1.54, 1.807) is 0 Å². The van der Waals surface area contributed by atoms with Crippen LogP contribution in [0.15, 0.2) is 24.3 Å². The summed E-state index contributed by atoms with van der Waals surface area (Å²) in [5, 5.41) is 3.71.